The molecule has 1 aromatic carbocycles. The zero-order chi connectivity index (χ0) is 8.69. The van der Waals surface area contributed by atoms with Crippen molar-refractivity contribution < 1.29 is 0 Å². The van der Waals surface area contributed by atoms with Crippen LogP contribution in [-0.2, 0) is 0 Å². The van der Waals surface area contributed by atoms with Crippen LogP contribution in [0.2, 0.25) is 0 Å². The van der Waals surface area contributed by atoms with Crippen molar-refractivity contribution in [1.29, 1.82) is 0 Å². The van der Waals surface area contributed by atoms with Crippen LogP contribution in [0.5, 0.6) is 0 Å². The Morgan fingerprint density at radius 1 is 1.09 bits per heavy atom. The van der Waals surface area contributed by atoms with E-state index in [1.807, 2.05) is 0 Å². The first-order valence-corrected chi connectivity index (χ1v) is 4.72. The van der Waals surface area contributed by atoms with Gasteiger partial charge in [-0.25, -0.2) is 0 Å². The van der Waals surface area contributed by atoms with E-state index >= 15 is 0 Å². The van der Waals surface area contributed by atoms with Gasteiger partial charge in [0.15, 0.2) is 0 Å². The van der Waals surface area contributed by atoms with Gasteiger partial charge in [0.1, 0.15) is 0 Å². The smallest absolute Gasteiger partial charge is 0.0331 e. The fourth-order valence-electron chi connectivity index (χ4n) is 0.807. The second kappa shape index (κ2) is 6.62. The molecule has 0 bridgehead atoms. The Bertz CT molecular complexity index is 179. The van der Waals surface area contributed by atoms with E-state index in [2.05, 4.69) is 63.4 Å². The zero-order valence-electron chi connectivity index (χ0n) is 6.91. The number of aryl methyl sites for hydroxylation is 2. The number of benzene rings is 1. The van der Waals surface area contributed by atoms with Gasteiger partial charge in [0.05, 0.1) is 0 Å². The van der Waals surface area contributed by atoms with Gasteiger partial charge in [0.2, 0.25) is 0 Å². The van der Waals surface area contributed by atoms with Crippen LogP contribution in [0.15, 0.2) is 24.3 Å². The molecule has 0 spiro atoms. The molecule has 0 aromatic heterocycles. The first-order chi connectivity index (χ1) is 5.20. The molecule has 62 valence electrons. The van der Waals surface area contributed by atoms with E-state index in [4.69, 9.17) is 0 Å². The fraction of sp³-hybridized carbons (Fsp3) is 0.333. The van der Waals surface area contributed by atoms with Crippen molar-refractivity contribution in [2.75, 3.05) is 5.08 Å². The summed E-state index contributed by atoms with van der Waals surface area (Å²) >= 11 is 7.31. The third kappa shape index (κ3) is 6.32. The molecule has 2 heteroatoms. The summed E-state index contributed by atoms with van der Waals surface area (Å²) in [6.45, 7) is 4.21. The molecule has 11 heavy (non-hydrogen) atoms. The van der Waals surface area contributed by atoms with Gasteiger partial charge in [0, 0.05) is 5.08 Å². The molecule has 0 saturated heterocycles. The first kappa shape index (κ1) is 10.9. The molecule has 1 rings (SSSR count). The van der Waals surface area contributed by atoms with Gasteiger partial charge in [-0.2, -0.15) is 25.3 Å². The van der Waals surface area contributed by atoms with Crippen molar-refractivity contribution >= 4 is 25.3 Å². The molecule has 1 aromatic rings. The summed E-state index contributed by atoms with van der Waals surface area (Å²) < 4.78 is 0. The maximum atomic E-state index is 3.65. The van der Waals surface area contributed by atoms with Gasteiger partial charge in [-0.05, 0) is 13.8 Å². The minimum absolute atomic E-state index is 0.639. The van der Waals surface area contributed by atoms with Crippen LogP contribution < -0.4 is 0 Å². The Balaban J connectivity index is 0.000000292. The Labute approximate surface area is 79.8 Å². The highest BCUT2D eigenvalue weighted by Crippen LogP contribution is 2.00. The lowest BCUT2D eigenvalue weighted by Crippen LogP contribution is -1.71. The van der Waals surface area contributed by atoms with E-state index in [1.54, 1.807) is 0 Å². The SMILES string of the molecule is Cc1cccc(C)c1.SCS. The highest BCUT2D eigenvalue weighted by atomic mass is 32.2. The van der Waals surface area contributed by atoms with Crippen LogP contribution in [0.4, 0.5) is 0 Å². The Morgan fingerprint density at radius 3 is 1.64 bits per heavy atom. The normalized spacial score (nSPS) is 8.36. The van der Waals surface area contributed by atoms with Crippen molar-refractivity contribution in [3.63, 3.8) is 0 Å². The van der Waals surface area contributed by atoms with Gasteiger partial charge in [-0.3, -0.25) is 0 Å². The standard InChI is InChI=1S/C8H10.CH4S2/c1-7-4-3-5-8(2)6-7;2-1-3/h3-6H,1-2H3;2-3H,1H2. The van der Waals surface area contributed by atoms with Crippen molar-refractivity contribution in [3.05, 3.63) is 35.4 Å². The molecule has 0 aliphatic rings. The lowest BCUT2D eigenvalue weighted by atomic mass is 10.2. The van der Waals surface area contributed by atoms with E-state index in [-0.39, 0.29) is 0 Å². The highest BCUT2D eigenvalue weighted by molar-refractivity contribution is 7.98. The average Bonchev–Trinajstić information content (AvgIpc) is 1.88. The van der Waals surface area contributed by atoms with Crippen LogP contribution in [-0.4, -0.2) is 5.08 Å². The van der Waals surface area contributed by atoms with Crippen molar-refractivity contribution in [1.82, 2.24) is 0 Å². The second-order valence-corrected chi connectivity index (χ2v) is 3.43. The molecule has 0 saturated carbocycles. The minimum atomic E-state index is 0.639. The third-order valence-corrected chi connectivity index (χ3v) is 1.17. The molecule has 0 N–H and O–H groups in total. The minimum Gasteiger partial charge on any atom is -0.169 e. The van der Waals surface area contributed by atoms with E-state index < -0.39 is 0 Å². The van der Waals surface area contributed by atoms with Crippen LogP contribution in [0.25, 0.3) is 0 Å². The van der Waals surface area contributed by atoms with Crippen molar-refractivity contribution in [3.8, 4) is 0 Å². The van der Waals surface area contributed by atoms with E-state index in [1.165, 1.54) is 11.1 Å². The van der Waals surface area contributed by atoms with Gasteiger partial charge < -0.3 is 0 Å². The van der Waals surface area contributed by atoms with Gasteiger partial charge in [-0.15, -0.1) is 0 Å². The fourth-order valence-corrected chi connectivity index (χ4v) is 0.807. The maximum Gasteiger partial charge on any atom is 0.0331 e. The lowest BCUT2D eigenvalue weighted by Gasteiger charge is -1.90. The second-order valence-electron chi connectivity index (χ2n) is 2.30. The summed E-state index contributed by atoms with van der Waals surface area (Å²) in [6, 6.07) is 8.45. The lowest BCUT2D eigenvalue weighted by molar-refractivity contribution is 1.39. The monoisotopic (exact) mass is 186 g/mol. The molecule has 0 unspecified atom stereocenters. The summed E-state index contributed by atoms with van der Waals surface area (Å²) in [7, 11) is 0. The molecule has 0 nitrogen and oxygen atoms in total. The first-order valence-electron chi connectivity index (χ1n) is 3.45. The largest absolute Gasteiger partial charge is 0.169 e. The van der Waals surface area contributed by atoms with Crippen LogP contribution in [0.1, 0.15) is 11.1 Å². The van der Waals surface area contributed by atoms with Crippen molar-refractivity contribution in [2.45, 2.75) is 13.8 Å². The Morgan fingerprint density at radius 2 is 1.45 bits per heavy atom. The maximum absolute atomic E-state index is 3.65. The topological polar surface area (TPSA) is 0 Å². The zero-order valence-corrected chi connectivity index (χ0v) is 8.70. The number of thiol groups is 2. The molecule has 0 radical (unpaired) electrons. The van der Waals surface area contributed by atoms with Gasteiger partial charge in [-0.1, -0.05) is 35.4 Å². The summed E-state index contributed by atoms with van der Waals surface area (Å²) in [5.74, 6) is 0. The van der Waals surface area contributed by atoms with E-state index in [0.717, 1.165) is 0 Å². The Hall–Kier alpha value is -0.0800. The molecular weight excluding hydrogens is 172 g/mol. The summed E-state index contributed by atoms with van der Waals surface area (Å²) in [5, 5.41) is 0.639. The van der Waals surface area contributed by atoms with E-state index in [0.29, 0.717) is 5.08 Å². The van der Waals surface area contributed by atoms with Gasteiger partial charge in [0.25, 0.3) is 0 Å². The number of rotatable bonds is 0. The number of hydrogen-bond donors (Lipinski definition) is 2. The molecule has 0 aliphatic carbocycles. The molecule has 0 amide bonds. The van der Waals surface area contributed by atoms with Crippen molar-refractivity contribution in [2.24, 2.45) is 0 Å². The predicted octanol–water partition coefficient (Wildman–Crippen LogP) is 3.11. The summed E-state index contributed by atoms with van der Waals surface area (Å²) in [6.07, 6.45) is 0. The quantitative estimate of drug-likeness (QED) is 0.451. The number of hydrogen-bond acceptors (Lipinski definition) is 2. The average molecular weight is 186 g/mol. The molecule has 0 fully saturated rings. The Kier molecular flexibility index (Phi) is 6.57. The van der Waals surface area contributed by atoms with Crippen LogP contribution in [0, 0.1) is 13.8 Å². The molecule has 0 atom stereocenters. The summed E-state index contributed by atoms with van der Waals surface area (Å²) in [5.41, 5.74) is 2.68. The van der Waals surface area contributed by atoms with Gasteiger partial charge >= 0.3 is 0 Å². The van der Waals surface area contributed by atoms with Crippen LogP contribution in [0.3, 0.4) is 0 Å². The summed E-state index contributed by atoms with van der Waals surface area (Å²) in [4.78, 5) is 0. The molecular formula is C9H14S2. The third-order valence-electron chi connectivity index (χ3n) is 1.17. The predicted molar refractivity (Wildman–Crippen MR) is 58.8 cm³/mol. The van der Waals surface area contributed by atoms with Crippen LogP contribution >= 0.6 is 25.3 Å². The highest BCUT2D eigenvalue weighted by Gasteiger charge is 1.80. The molecule has 0 heterocycles. The van der Waals surface area contributed by atoms with E-state index in [9.17, 15) is 0 Å². The molecule has 0 aliphatic heterocycles.